The molecule has 2 aromatic rings. The molecule has 138 valence electrons. The molecule has 2 aliphatic rings. The summed E-state index contributed by atoms with van der Waals surface area (Å²) < 4.78 is 1.70. The number of anilines is 1. The summed E-state index contributed by atoms with van der Waals surface area (Å²) in [6.07, 6.45) is 4.45. The van der Waals surface area contributed by atoms with Crippen LogP contribution in [-0.4, -0.2) is 63.1 Å². The summed E-state index contributed by atoms with van der Waals surface area (Å²) in [5, 5.41) is 6.28. The molecule has 26 heavy (non-hydrogen) atoms. The number of hydrogen-bond acceptors (Lipinski definition) is 5. The molecule has 1 spiro atoms. The average molecular weight is 373 g/mol. The molecule has 7 nitrogen and oxygen atoms in total. The molecule has 0 radical (unpaired) electrons. The molecular formula is C18H23N5O2S. The van der Waals surface area contributed by atoms with Crippen LogP contribution in [0.4, 0.5) is 5.69 Å². The van der Waals surface area contributed by atoms with Gasteiger partial charge in [0.1, 0.15) is 6.54 Å². The van der Waals surface area contributed by atoms with Crippen LogP contribution < -0.4 is 4.90 Å². The predicted octanol–water partition coefficient (Wildman–Crippen LogP) is 1.32. The number of piperazine rings is 1. The summed E-state index contributed by atoms with van der Waals surface area (Å²) >= 11 is 1.75. The highest BCUT2D eigenvalue weighted by atomic mass is 32.1. The van der Waals surface area contributed by atoms with Crippen LogP contribution in [0.25, 0.3) is 0 Å². The Morgan fingerprint density at radius 3 is 2.88 bits per heavy atom. The highest BCUT2D eigenvalue weighted by Crippen LogP contribution is 2.35. The number of hydrogen-bond donors (Lipinski definition) is 0. The molecule has 4 rings (SSSR count). The van der Waals surface area contributed by atoms with Crippen LogP contribution in [0.3, 0.4) is 0 Å². The van der Waals surface area contributed by atoms with Crippen LogP contribution in [0.15, 0.2) is 29.9 Å². The quantitative estimate of drug-likeness (QED) is 0.814. The number of amides is 2. The minimum Gasteiger partial charge on any atom is -0.325 e. The molecule has 0 unspecified atom stereocenters. The monoisotopic (exact) mass is 373 g/mol. The molecule has 2 saturated heterocycles. The number of carbonyl (C=O) groups excluding carboxylic acids is 2. The third-order valence-corrected chi connectivity index (χ3v) is 6.23. The van der Waals surface area contributed by atoms with Crippen molar-refractivity contribution in [3.05, 3.63) is 34.8 Å². The van der Waals surface area contributed by atoms with Crippen LogP contribution in [-0.2, 0) is 23.2 Å². The molecule has 2 amide bonds. The van der Waals surface area contributed by atoms with Gasteiger partial charge in [-0.2, -0.15) is 5.10 Å². The Balaban J connectivity index is 1.58. The maximum absolute atomic E-state index is 12.7. The van der Waals surface area contributed by atoms with E-state index in [4.69, 9.17) is 0 Å². The molecular weight excluding hydrogens is 350 g/mol. The largest absolute Gasteiger partial charge is 0.325 e. The van der Waals surface area contributed by atoms with Crippen molar-refractivity contribution in [1.29, 1.82) is 0 Å². The van der Waals surface area contributed by atoms with E-state index in [0.717, 1.165) is 31.7 Å². The van der Waals surface area contributed by atoms with Gasteiger partial charge in [0.25, 0.3) is 0 Å². The van der Waals surface area contributed by atoms with Crippen LogP contribution in [0, 0.1) is 0 Å². The van der Waals surface area contributed by atoms with Crippen molar-refractivity contribution < 1.29 is 9.59 Å². The molecule has 0 aromatic carbocycles. The number of aryl methyl sites for hydroxylation is 1. The van der Waals surface area contributed by atoms with E-state index in [1.807, 2.05) is 13.2 Å². The lowest BCUT2D eigenvalue weighted by atomic mass is 9.92. The van der Waals surface area contributed by atoms with Crippen LogP contribution in [0.2, 0.25) is 0 Å². The van der Waals surface area contributed by atoms with E-state index in [-0.39, 0.29) is 23.9 Å². The Hall–Kier alpha value is -2.19. The molecule has 4 heterocycles. The van der Waals surface area contributed by atoms with Crippen molar-refractivity contribution in [2.24, 2.45) is 7.05 Å². The molecule has 8 heteroatoms. The van der Waals surface area contributed by atoms with Crippen molar-refractivity contribution >= 4 is 28.8 Å². The van der Waals surface area contributed by atoms with Gasteiger partial charge in [0.05, 0.1) is 24.0 Å². The maximum Gasteiger partial charge on any atom is 0.246 e. The fourth-order valence-corrected chi connectivity index (χ4v) is 4.88. The lowest BCUT2D eigenvalue weighted by Crippen LogP contribution is -2.66. The smallest absolute Gasteiger partial charge is 0.246 e. The Labute approximate surface area is 156 Å². The summed E-state index contributed by atoms with van der Waals surface area (Å²) in [4.78, 5) is 32.3. The zero-order chi connectivity index (χ0) is 18.3. The minimum atomic E-state index is -0.327. The number of likely N-dealkylation sites (tertiary alicyclic amines) is 1. The van der Waals surface area contributed by atoms with Gasteiger partial charge in [0, 0.05) is 44.7 Å². The molecule has 1 atom stereocenters. The van der Waals surface area contributed by atoms with Gasteiger partial charge in [-0.15, -0.1) is 11.3 Å². The zero-order valence-electron chi connectivity index (χ0n) is 15.1. The van der Waals surface area contributed by atoms with Crippen molar-refractivity contribution in [1.82, 2.24) is 19.6 Å². The van der Waals surface area contributed by atoms with Gasteiger partial charge in [0.2, 0.25) is 11.8 Å². The fourth-order valence-electron chi connectivity index (χ4n) is 4.13. The van der Waals surface area contributed by atoms with Crippen LogP contribution >= 0.6 is 11.3 Å². The first-order valence-corrected chi connectivity index (χ1v) is 9.67. The Morgan fingerprint density at radius 1 is 1.38 bits per heavy atom. The molecule has 0 saturated carbocycles. The number of aromatic nitrogens is 2. The third-order valence-electron chi connectivity index (χ3n) is 5.37. The SMILES string of the molecule is CC(=O)N1CC(=O)N(c2cnn(C)c2)C[C@@]12CCN(Cc1cccs1)C2. The van der Waals surface area contributed by atoms with Crippen molar-refractivity contribution in [2.75, 3.05) is 31.1 Å². The Bertz CT molecular complexity index is 817. The number of thiophene rings is 1. The second kappa shape index (κ2) is 6.51. The van der Waals surface area contributed by atoms with Gasteiger partial charge in [0.15, 0.2) is 0 Å². The van der Waals surface area contributed by atoms with E-state index in [9.17, 15) is 9.59 Å². The summed E-state index contributed by atoms with van der Waals surface area (Å²) in [6, 6.07) is 4.21. The molecule has 0 aliphatic carbocycles. The van der Waals surface area contributed by atoms with Gasteiger partial charge in [-0.05, 0) is 17.9 Å². The van der Waals surface area contributed by atoms with E-state index in [1.54, 1.807) is 38.9 Å². The molecule has 2 fully saturated rings. The second-order valence-electron chi connectivity index (χ2n) is 7.22. The lowest BCUT2D eigenvalue weighted by molar-refractivity contribution is -0.142. The van der Waals surface area contributed by atoms with Crippen molar-refractivity contribution in [3.63, 3.8) is 0 Å². The molecule has 2 aliphatic heterocycles. The first kappa shape index (κ1) is 17.2. The highest BCUT2D eigenvalue weighted by molar-refractivity contribution is 7.09. The number of carbonyl (C=O) groups is 2. The summed E-state index contributed by atoms with van der Waals surface area (Å²) in [7, 11) is 1.84. The van der Waals surface area contributed by atoms with Gasteiger partial charge in [-0.3, -0.25) is 19.2 Å². The highest BCUT2D eigenvalue weighted by Gasteiger charge is 2.50. The molecule has 0 bridgehead atoms. The topological polar surface area (TPSA) is 61.7 Å². The van der Waals surface area contributed by atoms with Crippen LogP contribution in [0.5, 0.6) is 0 Å². The molecule has 2 aromatic heterocycles. The van der Waals surface area contributed by atoms with Gasteiger partial charge >= 0.3 is 0 Å². The fraction of sp³-hybridized carbons (Fsp3) is 0.500. The van der Waals surface area contributed by atoms with E-state index in [0.29, 0.717) is 6.54 Å². The van der Waals surface area contributed by atoms with Crippen molar-refractivity contribution in [2.45, 2.75) is 25.4 Å². The Morgan fingerprint density at radius 2 is 2.23 bits per heavy atom. The average Bonchev–Trinajstić information content (AvgIpc) is 3.33. The first-order chi connectivity index (χ1) is 12.5. The summed E-state index contributed by atoms with van der Waals surface area (Å²) in [5.41, 5.74) is 0.476. The van der Waals surface area contributed by atoms with Crippen LogP contribution in [0.1, 0.15) is 18.2 Å². The maximum atomic E-state index is 12.7. The van der Waals surface area contributed by atoms with E-state index in [1.165, 1.54) is 4.88 Å². The van der Waals surface area contributed by atoms with Gasteiger partial charge in [-0.25, -0.2) is 0 Å². The Kier molecular flexibility index (Phi) is 4.32. The van der Waals surface area contributed by atoms with E-state index in [2.05, 4.69) is 27.5 Å². The van der Waals surface area contributed by atoms with E-state index >= 15 is 0 Å². The third kappa shape index (κ3) is 3.03. The summed E-state index contributed by atoms with van der Waals surface area (Å²) in [6.45, 7) is 4.84. The normalized spacial score (nSPS) is 24.0. The van der Waals surface area contributed by atoms with Crippen molar-refractivity contribution in [3.8, 4) is 0 Å². The minimum absolute atomic E-state index is 0.0258. The lowest BCUT2D eigenvalue weighted by Gasteiger charge is -2.48. The second-order valence-corrected chi connectivity index (χ2v) is 8.25. The van der Waals surface area contributed by atoms with Gasteiger partial charge in [-0.1, -0.05) is 6.07 Å². The number of nitrogens with zero attached hydrogens (tertiary/aromatic N) is 5. The van der Waals surface area contributed by atoms with Gasteiger partial charge < -0.3 is 9.80 Å². The molecule has 0 N–H and O–H groups in total. The number of rotatable bonds is 3. The zero-order valence-corrected chi connectivity index (χ0v) is 15.9. The van der Waals surface area contributed by atoms with E-state index < -0.39 is 0 Å². The predicted molar refractivity (Wildman–Crippen MR) is 99.9 cm³/mol. The first-order valence-electron chi connectivity index (χ1n) is 8.79. The standard InChI is InChI=1S/C18H23N5O2S/c1-14(24)23-11-17(25)22(15-8-19-20(2)9-15)13-18(23)5-6-21(12-18)10-16-4-3-7-26-16/h3-4,7-9H,5-6,10-13H2,1-2H3/t18-/m0/s1. The summed E-state index contributed by atoms with van der Waals surface area (Å²) in [5.74, 6) is -0.0716.